The van der Waals surface area contributed by atoms with Gasteiger partial charge in [0.15, 0.2) is 9.84 Å². The van der Waals surface area contributed by atoms with Gasteiger partial charge in [-0.15, -0.1) is 16.9 Å². The average Bonchev–Trinajstić information content (AvgIpc) is 2.86. The van der Waals surface area contributed by atoms with E-state index in [-0.39, 0.29) is 0 Å². The Bertz CT molecular complexity index is 731. The molecule has 0 aliphatic heterocycles. The third-order valence-corrected chi connectivity index (χ3v) is 4.60. The molecule has 1 heterocycles. The standard InChI is InChI=1S/C13H15N3O2S2/c1-10(19-2)8-11-9-16(15-14-11)12-4-6-13(7-5-12)20(3,17)18/h4-9H,1-3H3/b10-8-. The average molecular weight is 309 g/mol. The van der Waals surface area contributed by atoms with Gasteiger partial charge in [-0.2, -0.15) is 0 Å². The van der Waals surface area contributed by atoms with Gasteiger partial charge in [0.25, 0.3) is 0 Å². The molecular weight excluding hydrogens is 294 g/mol. The van der Waals surface area contributed by atoms with Crippen molar-refractivity contribution in [3.8, 4) is 5.69 Å². The van der Waals surface area contributed by atoms with Crippen LogP contribution >= 0.6 is 11.8 Å². The molecule has 0 radical (unpaired) electrons. The maximum absolute atomic E-state index is 11.4. The molecule has 0 amide bonds. The van der Waals surface area contributed by atoms with E-state index in [9.17, 15) is 8.42 Å². The first-order valence-corrected chi connectivity index (χ1v) is 8.97. The molecule has 0 atom stereocenters. The number of allylic oxidation sites excluding steroid dienone is 1. The minimum Gasteiger partial charge on any atom is -0.224 e. The van der Waals surface area contributed by atoms with E-state index in [0.717, 1.165) is 16.3 Å². The molecule has 5 nitrogen and oxygen atoms in total. The number of benzene rings is 1. The first-order valence-electron chi connectivity index (χ1n) is 5.85. The molecule has 20 heavy (non-hydrogen) atoms. The second-order valence-corrected chi connectivity index (χ2v) is 7.38. The second-order valence-electron chi connectivity index (χ2n) is 4.31. The molecule has 0 saturated carbocycles. The molecule has 2 rings (SSSR count). The molecule has 7 heteroatoms. The van der Waals surface area contributed by atoms with E-state index in [1.165, 1.54) is 6.26 Å². The van der Waals surface area contributed by atoms with E-state index in [2.05, 4.69) is 10.3 Å². The lowest BCUT2D eigenvalue weighted by atomic mass is 10.3. The molecular formula is C13H15N3O2S2. The van der Waals surface area contributed by atoms with Crippen molar-refractivity contribution in [2.75, 3.05) is 12.5 Å². The molecule has 1 aromatic carbocycles. The van der Waals surface area contributed by atoms with Crippen LogP contribution in [0.15, 0.2) is 40.3 Å². The maximum atomic E-state index is 11.4. The van der Waals surface area contributed by atoms with Crippen molar-refractivity contribution in [3.05, 3.63) is 41.1 Å². The predicted octanol–water partition coefficient (Wildman–Crippen LogP) is 2.39. The fourth-order valence-corrected chi connectivity index (χ4v) is 2.45. The van der Waals surface area contributed by atoms with Crippen LogP contribution in [0.1, 0.15) is 12.6 Å². The summed E-state index contributed by atoms with van der Waals surface area (Å²) in [6, 6.07) is 6.55. The van der Waals surface area contributed by atoms with Crippen molar-refractivity contribution in [2.24, 2.45) is 0 Å². The molecule has 0 aliphatic rings. The molecule has 0 spiro atoms. The van der Waals surface area contributed by atoms with Crippen molar-refractivity contribution in [1.29, 1.82) is 0 Å². The Kier molecular flexibility index (Phi) is 4.29. The number of hydrogen-bond donors (Lipinski definition) is 0. The summed E-state index contributed by atoms with van der Waals surface area (Å²) >= 11 is 1.65. The number of aromatic nitrogens is 3. The van der Waals surface area contributed by atoms with Gasteiger partial charge in [0, 0.05) is 6.26 Å². The van der Waals surface area contributed by atoms with E-state index >= 15 is 0 Å². The van der Waals surface area contributed by atoms with Gasteiger partial charge in [-0.1, -0.05) is 5.21 Å². The Morgan fingerprint density at radius 1 is 1.30 bits per heavy atom. The lowest BCUT2D eigenvalue weighted by molar-refractivity contribution is 0.602. The fraction of sp³-hybridized carbons (Fsp3) is 0.231. The summed E-state index contributed by atoms with van der Waals surface area (Å²) in [7, 11) is -3.17. The third kappa shape index (κ3) is 3.49. The van der Waals surface area contributed by atoms with Gasteiger partial charge in [0.1, 0.15) is 5.69 Å². The first kappa shape index (κ1) is 14.8. The van der Waals surface area contributed by atoms with Crippen LogP contribution in [-0.2, 0) is 9.84 Å². The van der Waals surface area contributed by atoms with Crippen LogP contribution in [-0.4, -0.2) is 35.9 Å². The van der Waals surface area contributed by atoms with Gasteiger partial charge in [-0.25, -0.2) is 13.1 Å². The van der Waals surface area contributed by atoms with Gasteiger partial charge >= 0.3 is 0 Å². The summed E-state index contributed by atoms with van der Waals surface area (Å²) in [5.41, 5.74) is 1.54. The van der Waals surface area contributed by atoms with Gasteiger partial charge in [0.2, 0.25) is 0 Å². The van der Waals surface area contributed by atoms with Crippen molar-refractivity contribution >= 4 is 27.7 Å². The lowest BCUT2D eigenvalue weighted by Gasteiger charge is -2.01. The first-order chi connectivity index (χ1) is 9.40. The Morgan fingerprint density at radius 2 is 1.95 bits per heavy atom. The molecule has 0 aliphatic carbocycles. The molecule has 106 valence electrons. The van der Waals surface area contributed by atoms with Gasteiger partial charge in [0.05, 0.1) is 16.8 Å². The highest BCUT2D eigenvalue weighted by atomic mass is 32.2. The summed E-state index contributed by atoms with van der Waals surface area (Å²) in [6.07, 6.45) is 6.93. The largest absolute Gasteiger partial charge is 0.224 e. The van der Waals surface area contributed by atoms with Crippen molar-refractivity contribution in [1.82, 2.24) is 15.0 Å². The maximum Gasteiger partial charge on any atom is 0.175 e. The Morgan fingerprint density at radius 3 is 2.50 bits per heavy atom. The molecule has 0 fully saturated rings. The molecule has 0 bridgehead atoms. The molecule has 2 aromatic rings. The van der Waals surface area contributed by atoms with Crippen LogP contribution in [0.4, 0.5) is 0 Å². The zero-order valence-electron chi connectivity index (χ0n) is 11.4. The molecule has 0 unspecified atom stereocenters. The van der Waals surface area contributed by atoms with Crippen molar-refractivity contribution < 1.29 is 8.42 Å². The Balaban J connectivity index is 2.29. The number of sulfone groups is 1. The highest BCUT2D eigenvalue weighted by Crippen LogP contribution is 2.16. The van der Waals surface area contributed by atoms with E-state index in [1.54, 1.807) is 46.9 Å². The smallest absolute Gasteiger partial charge is 0.175 e. The van der Waals surface area contributed by atoms with E-state index in [1.807, 2.05) is 19.3 Å². The summed E-state index contributed by atoms with van der Waals surface area (Å²) < 4.78 is 24.4. The van der Waals surface area contributed by atoms with Crippen LogP contribution in [0.25, 0.3) is 11.8 Å². The Hall–Kier alpha value is -1.60. The minimum absolute atomic E-state index is 0.291. The zero-order valence-corrected chi connectivity index (χ0v) is 13.1. The highest BCUT2D eigenvalue weighted by Gasteiger charge is 2.07. The molecule has 1 aromatic heterocycles. The van der Waals surface area contributed by atoms with Gasteiger partial charge < -0.3 is 0 Å². The van der Waals surface area contributed by atoms with E-state index < -0.39 is 9.84 Å². The van der Waals surface area contributed by atoms with Crippen LogP contribution in [0.3, 0.4) is 0 Å². The number of thioether (sulfide) groups is 1. The third-order valence-electron chi connectivity index (χ3n) is 2.71. The van der Waals surface area contributed by atoms with Crippen LogP contribution in [0.2, 0.25) is 0 Å². The summed E-state index contributed by atoms with van der Waals surface area (Å²) in [5, 5.41) is 8.09. The normalized spacial score (nSPS) is 12.7. The van der Waals surface area contributed by atoms with E-state index in [0.29, 0.717) is 4.90 Å². The van der Waals surface area contributed by atoms with Gasteiger partial charge in [-0.3, -0.25) is 0 Å². The van der Waals surface area contributed by atoms with Crippen LogP contribution < -0.4 is 0 Å². The minimum atomic E-state index is -3.17. The monoisotopic (exact) mass is 309 g/mol. The summed E-state index contributed by atoms with van der Waals surface area (Å²) in [5.74, 6) is 0. The van der Waals surface area contributed by atoms with Crippen LogP contribution in [0.5, 0.6) is 0 Å². The van der Waals surface area contributed by atoms with Crippen molar-refractivity contribution in [3.63, 3.8) is 0 Å². The van der Waals surface area contributed by atoms with Crippen LogP contribution in [0, 0.1) is 0 Å². The fourth-order valence-electron chi connectivity index (χ4n) is 1.58. The number of nitrogens with zero attached hydrogens (tertiary/aromatic N) is 3. The van der Waals surface area contributed by atoms with E-state index in [4.69, 9.17) is 0 Å². The SMILES string of the molecule is CS/C(C)=C\c1cn(-c2ccc(S(C)(=O)=O)cc2)nn1. The number of hydrogen-bond acceptors (Lipinski definition) is 5. The van der Waals surface area contributed by atoms with Gasteiger partial charge in [-0.05, 0) is 48.4 Å². The summed E-state index contributed by atoms with van der Waals surface area (Å²) in [4.78, 5) is 1.43. The predicted molar refractivity (Wildman–Crippen MR) is 81.6 cm³/mol. The zero-order chi connectivity index (χ0) is 14.8. The Labute approximate surface area is 122 Å². The highest BCUT2D eigenvalue weighted by molar-refractivity contribution is 8.02. The second kappa shape index (κ2) is 5.80. The quantitative estimate of drug-likeness (QED) is 0.867. The number of rotatable bonds is 4. The topological polar surface area (TPSA) is 64.8 Å². The molecule has 0 saturated heterocycles. The van der Waals surface area contributed by atoms with Crippen molar-refractivity contribution in [2.45, 2.75) is 11.8 Å². The lowest BCUT2D eigenvalue weighted by Crippen LogP contribution is -1.99. The molecule has 0 N–H and O–H groups in total. The summed E-state index contributed by atoms with van der Waals surface area (Å²) in [6.45, 7) is 2.00.